The zero-order valence-electron chi connectivity index (χ0n) is 14.3. The minimum absolute atomic E-state index is 0.0896. The molecule has 0 spiro atoms. The van der Waals surface area contributed by atoms with Crippen LogP contribution in [0.2, 0.25) is 5.15 Å². The Kier molecular flexibility index (Phi) is 5.14. The number of halogens is 2. The minimum atomic E-state index is -0.528. The number of nitrogens with zero attached hydrogens (tertiary/aromatic N) is 4. The van der Waals surface area contributed by atoms with E-state index >= 15 is 0 Å². The summed E-state index contributed by atoms with van der Waals surface area (Å²) in [5, 5.41) is 6.53. The average Bonchev–Trinajstić information content (AvgIpc) is 3.26. The predicted molar refractivity (Wildman–Crippen MR) is 106 cm³/mol. The minimum Gasteiger partial charge on any atom is -0.298 e. The Bertz CT molecular complexity index is 1110. The Balaban J connectivity index is 1.52. The van der Waals surface area contributed by atoms with Gasteiger partial charge >= 0.3 is 0 Å². The molecule has 0 aliphatic rings. The first-order chi connectivity index (χ1) is 13.6. The van der Waals surface area contributed by atoms with Gasteiger partial charge < -0.3 is 0 Å². The van der Waals surface area contributed by atoms with Gasteiger partial charge in [-0.1, -0.05) is 59.3 Å². The second kappa shape index (κ2) is 7.87. The first kappa shape index (κ1) is 18.3. The van der Waals surface area contributed by atoms with Crippen molar-refractivity contribution in [2.45, 2.75) is 6.54 Å². The number of nitrogens with one attached hydrogen (secondary N) is 1. The van der Waals surface area contributed by atoms with Gasteiger partial charge in [0.25, 0.3) is 5.91 Å². The highest BCUT2D eigenvalue weighted by Crippen LogP contribution is 2.29. The fourth-order valence-electron chi connectivity index (χ4n) is 2.57. The van der Waals surface area contributed by atoms with Crippen molar-refractivity contribution in [2.24, 2.45) is 0 Å². The lowest BCUT2D eigenvalue weighted by Crippen LogP contribution is -2.12. The van der Waals surface area contributed by atoms with Crippen molar-refractivity contribution in [2.75, 3.05) is 5.32 Å². The summed E-state index contributed by atoms with van der Waals surface area (Å²) in [4.78, 5) is 20.7. The van der Waals surface area contributed by atoms with Crippen LogP contribution in [0.4, 0.5) is 9.52 Å². The molecule has 6 nitrogen and oxygen atoms in total. The Morgan fingerprint density at radius 2 is 1.96 bits per heavy atom. The van der Waals surface area contributed by atoms with Gasteiger partial charge in [0.2, 0.25) is 5.13 Å². The molecule has 9 heteroatoms. The maximum absolute atomic E-state index is 14.2. The molecule has 1 N–H and O–H groups in total. The van der Waals surface area contributed by atoms with E-state index in [1.54, 1.807) is 24.4 Å². The molecule has 4 aromatic rings. The normalized spacial score (nSPS) is 10.8. The topological polar surface area (TPSA) is 72.7 Å². The summed E-state index contributed by atoms with van der Waals surface area (Å²) >= 11 is 7.03. The molecule has 3 aromatic heterocycles. The Labute approximate surface area is 168 Å². The SMILES string of the molecule is O=C(Nc1nc(-c2ccccn2)c(F)s1)c1cnn(Cc2ccccc2)c1Cl. The highest BCUT2D eigenvalue weighted by molar-refractivity contribution is 7.14. The third-order valence-electron chi connectivity index (χ3n) is 3.91. The van der Waals surface area contributed by atoms with Crippen LogP contribution in [0.3, 0.4) is 0 Å². The zero-order valence-corrected chi connectivity index (χ0v) is 15.9. The monoisotopic (exact) mass is 413 g/mol. The summed E-state index contributed by atoms with van der Waals surface area (Å²) in [5.74, 6) is -0.509. The smallest absolute Gasteiger partial charge is 0.262 e. The average molecular weight is 414 g/mol. The molecule has 28 heavy (non-hydrogen) atoms. The molecule has 1 aromatic carbocycles. The predicted octanol–water partition coefficient (Wildman–Crippen LogP) is 4.49. The number of aromatic nitrogens is 4. The second-order valence-electron chi connectivity index (χ2n) is 5.80. The van der Waals surface area contributed by atoms with Crippen molar-refractivity contribution >= 4 is 34.0 Å². The molecule has 0 saturated heterocycles. The highest BCUT2D eigenvalue weighted by atomic mass is 35.5. The number of amides is 1. The zero-order chi connectivity index (χ0) is 19.5. The summed E-state index contributed by atoms with van der Waals surface area (Å²) in [6.07, 6.45) is 2.93. The molecule has 0 aliphatic heterocycles. The second-order valence-corrected chi connectivity index (χ2v) is 7.11. The van der Waals surface area contributed by atoms with Gasteiger partial charge in [0.15, 0.2) is 5.13 Å². The van der Waals surface area contributed by atoms with E-state index in [-0.39, 0.29) is 21.5 Å². The molecule has 4 rings (SSSR count). The van der Waals surface area contributed by atoms with Crippen molar-refractivity contribution in [1.82, 2.24) is 19.7 Å². The fourth-order valence-corrected chi connectivity index (χ4v) is 3.50. The molecule has 0 bridgehead atoms. The van der Waals surface area contributed by atoms with Gasteiger partial charge in [0.1, 0.15) is 10.8 Å². The number of rotatable bonds is 5. The first-order valence-corrected chi connectivity index (χ1v) is 9.45. The van der Waals surface area contributed by atoms with E-state index in [1.165, 1.54) is 10.9 Å². The van der Waals surface area contributed by atoms with Crippen molar-refractivity contribution in [3.63, 3.8) is 0 Å². The standard InChI is InChI=1S/C19H13ClFN5OS/c20-16-13(10-23-26(16)11-12-6-2-1-3-7-12)18(27)25-19-24-15(17(21)28-19)14-8-4-5-9-22-14/h1-10H,11H2,(H,24,25,27). The third-order valence-corrected chi connectivity index (χ3v) is 5.07. The lowest BCUT2D eigenvalue weighted by atomic mass is 10.2. The third kappa shape index (κ3) is 3.78. The van der Waals surface area contributed by atoms with E-state index in [4.69, 9.17) is 11.6 Å². The van der Waals surface area contributed by atoms with E-state index in [0.717, 1.165) is 16.9 Å². The summed E-state index contributed by atoms with van der Waals surface area (Å²) in [5.41, 5.74) is 1.67. The quantitative estimate of drug-likeness (QED) is 0.523. The molecule has 0 fully saturated rings. The van der Waals surface area contributed by atoms with Crippen LogP contribution in [0.1, 0.15) is 15.9 Å². The Hall–Kier alpha value is -3.10. The molecule has 1 amide bonds. The molecule has 0 saturated carbocycles. The largest absolute Gasteiger partial charge is 0.298 e. The van der Waals surface area contributed by atoms with E-state index in [2.05, 4.69) is 20.4 Å². The summed E-state index contributed by atoms with van der Waals surface area (Å²) < 4.78 is 15.7. The van der Waals surface area contributed by atoms with Crippen molar-refractivity contribution < 1.29 is 9.18 Å². The summed E-state index contributed by atoms with van der Waals surface area (Å²) in [6.45, 7) is 0.433. The van der Waals surface area contributed by atoms with Crippen LogP contribution in [0.15, 0.2) is 60.9 Å². The number of hydrogen-bond acceptors (Lipinski definition) is 5. The van der Waals surface area contributed by atoms with Crippen LogP contribution in [0.5, 0.6) is 0 Å². The molecule has 140 valence electrons. The van der Waals surface area contributed by atoms with Crippen LogP contribution >= 0.6 is 22.9 Å². The van der Waals surface area contributed by atoms with Crippen LogP contribution < -0.4 is 5.32 Å². The molecule has 0 aliphatic carbocycles. The lowest BCUT2D eigenvalue weighted by Gasteiger charge is -2.04. The Morgan fingerprint density at radius 1 is 1.18 bits per heavy atom. The highest BCUT2D eigenvalue weighted by Gasteiger charge is 2.20. The number of carbonyl (C=O) groups is 1. The Morgan fingerprint density at radius 3 is 2.71 bits per heavy atom. The van der Waals surface area contributed by atoms with E-state index in [0.29, 0.717) is 12.2 Å². The van der Waals surface area contributed by atoms with Crippen molar-refractivity contribution in [3.8, 4) is 11.4 Å². The molecular weight excluding hydrogens is 401 g/mol. The number of carbonyl (C=O) groups excluding carboxylic acids is 1. The van der Waals surface area contributed by atoms with Crippen LogP contribution in [0.25, 0.3) is 11.4 Å². The van der Waals surface area contributed by atoms with Crippen LogP contribution in [-0.4, -0.2) is 25.7 Å². The van der Waals surface area contributed by atoms with Crippen LogP contribution in [0, 0.1) is 5.13 Å². The van der Waals surface area contributed by atoms with E-state index < -0.39 is 11.0 Å². The van der Waals surface area contributed by atoms with Crippen LogP contribution in [-0.2, 0) is 6.54 Å². The fraction of sp³-hybridized carbons (Fsp3) is 0.0526. The van der Waals surface area contributed by atoms with Gasteiger partial charge in [-0.2, -0.15) is 9.49 Å². The first-order valence-electron chi connectivity index (χ1n) is 8.26. The van der Waals surface area contributed by atoms with E-state index in [1.807, 2.05) is 30.3 Å². The number of benzene rings is 1. The van der Waals surface area contributed by atoms with Crippen molar-refractivity contribution in [1.29, 1.82) is 0 Å². The number of hydrogen-bond donors (Lipinski definition) is 1. The summed E-state index contributed by atoms with van der Waals surface area (Å²) in [6, 6.07) is 14.7. The number of thiazole rings is 1. The molecule has 0 unspecified atom stereocenters. The molecule has 0 radical (unpaired) electrons. The van der Waals surface area contributed by atoms with Gasteiger partial charge in [0.05, 0.1) is 24.0 Å². The van der Waals surface area contributed by atoms with Crippen molar-refractivity contribution in [3.05, 3.63) is 82.3 Å². The molecule has 3 heterocycles. The van der Waals surface area contributed by atoms with Gasteiger partial charge in [-0.15, -0.1) is 0 Å². The molecular formula is C19H13ClFN5OS. The van der Waals surface area contributed by atoms with Gasteiger partial charge in [-0.25, -0.2) is 9.67 Å². The lowest BCUT2D eigenvalue weighted by molar-refractivity contribution is 0.102. The van der Waals surface area contributed by atoms with Gasteiger partial charge in [-0.05, 0) is 17.7 Å². The van der Waals surface area contributed by atoms with E-state index in [9.17, 15) is 9.18 Å². The maximum atomic E-state index is 14.2. The number of pyridine rings is 1. The van der Waals surface area contributed by atoms with Gasteiger partial charge in [-0.3, -0.25) is 15.1 Å². The molecule has 0 atom stereocenters. The maximum Gasteiger partial charge on any atom is 0.262 e. The number of anilines is 1. The van der Waals surface area contributed by atoms with Gasteiger partial charge in [0, 0.05) is 6.20 Å². The summed E-state index contributed by atoms with van der Waals surface area (Å²) in [7, 11) is 0.